The smallest absolute Gasteiger partial charge is 0.181 e. The molecule has 1 aromatic carbocycles. The number of hydrogen-bond acceptors (Lipinski definition) is 5. The monoisotopic (exact) mass is 296 g/mol. The third-order valence-electron chi connectivity index (χ3n) is 4.25. The van der Waals surface area contributed by atoms with Crippen LogP contribution in [0.4, 0.5) is 0 Å². The molecule has 22 heavy (non-hydrogen) atoms. The van der Waals surface area contributed by atoms with Gasteiger partial charge in [0.2, 0.25) is 0 Å². The summed E-state index contributed by atoms with van der Waals surface area (Å²) in [4.78, 5) is 59.8. The van der Waals surface area contributed by atoms with Gasteiger partial charge in [0, 0.05) is 16.7 Å². The van der Waals surface area contributed by atoms with E-state index in [1.165, 1.54) is 26.0 Å². The van der Waals surface area contributed by atoms with Gasteiger partial charge in [-0.15, -0.1) is 0 Å². The number of Topliss-reactive ketones (excluding diaryl/α,β-unsaturated/α-hetero) is 5. The summed E-state index contributed by atoms with van der Waals surface area (Å²) >= 11 is 0. The Labute approximate surface area is 126 Å². The van der Waals surface area contributed by atoms with Crippen LogP contribution < -0.4 is 0 Å². The average molecular weight is 296 g/mol. The van der Waals surface area contributed by atoms with E-state index in [0.29, 0.717) is 11.1 Å². The Morgan fingerprint density at radius 2 is 1.14 bits per heavy atom. The summed E-state index contributed by atoms with van der Waals surface area (Å²) < 4.78 is 0. The third kappa shape index (κ3) is 1.62. The van der Waals surface area contributed by atoms with Crippen molar-refractivity contribution in [1.29, 1.82) is 0 Å². The second-order valence-corrected chi connectivity index (χ2v) is 5.65. The Morgan fingerprint density at radius 3 is 1.59 bits per heavy atom. The van der Waals surface area contributed by atoms with Crippen molar-refractivity contribution in [1.82, 2.24) is 0 Å². The van der Waals surface area contributed by atoms with Gasteiger partial charge in [-0.05, 0) is 37.1 Å². The zero-order chi connectivity index (χ0) is 16.3. The fourth-order valence-corrected chi connectivity index (χ4v) is 3.18. The molecule has 2 unspecified atom stereocenters. The Balaban J connectivity index is 2.20. The van der Waals surface area contributed by atoms with Gasteiger partial charge in [0.25, 0.3) is 0 Å². The molecule has 0 saturated carbocycles. The summed E-state index contributed by atoms with van der Waals surface area (Å²) in [5.41, 5.74) is 1.17. The Hall–Kier alpha value is -2.69. The van der Waals surface area contributed by atoms with Gasteiger partial charge in [-0.1, -0.05) is 6.58 Å². The molecule has 2 aliphatic rings. The highest BCUT2D eigenvalue weighted by atomic mass is 16.2. The van der Waals surface area contributed by atoms with Crippen LogP contribution >= 0.6 is 0 Å². The molecule has 1 aromatic rings. The quantitative estimate of drug-likeness (QED) is 0.775. The first-order chi connectivity index (χ1) is 10.3. The molecule has 0 spiro atoms. The number of benzene rings is 1. The molecule has 0 heterocycles. The highest BCUT2D eigenvalue weighted by Gasteiger charge is 2.45. The second-order valence-electron chi connectivity index (χ2n) is 5.65. The molecular weight excluding hydrogens is 284 g/mol. The molecule has 0 bridgehead atoms. The van der Waals surface area contributed by atoms with Gasteiger partial charge >= 0.3 is 0 Å². The maximum Gasteiger partial charge on any atom is 0.181 e. The third-order valence-corrected chi connectivity index (χ3v) is 4.25. The van der Waals surface area contributed by atoms with Gasteiger partial charge in [-0.3, -0.25) is 24.0 Å². The Kier molecular flexibility index (Phi) is 2.85. The van der Waals surface area contributed by atoms with E-state index in [-0.39, 0.29) is 22.5 Å². The van der Waals surface area contributed by atoms with Crippen molar-refractivity contribution in [3.63, 3.8) is 0 Å². The maximum atomic E-state index is 12.3. The molecule has 0 radical (unpaired) electrons. The van der Waals surface area contributed by atoms with Crippen LogP contribution in [-0.2, 0) is 9.59 Å². The van der Waals surface area contributed by atoms with Crippen LogP contribution in [-0.4, -0.2) is 28.9 Å². The molecule has 0 N–H and O–H groups in total. The van der Waals surface area contributed by atoms with Gasteiger partial charge in [0.1, 0.15) is 23.4 Å². The van der Waals surface area contributed by atoms with Gasteiger partial charge in [0.05, 0.1) is 0 Å². The summed E-state index contributed by atoms with van der Waals surface area (Å²) in [6.45, 7) is 6.26. The summed E-state index contributed by atoms with van der Waals surface area (Å²) in [6.07, 6.45) is 0. The molecule has 0 saturated heterocycles. The van der Waals surface area contributed by atoms with Crippen molar-refractivity contribution >= 4 is 34.5 Å². The van der Waals surface area contributed by atoms with E-state index in [1.807, 2.05) is 0 Å². The van der Waals surface area contributed by atoms with Gasteiger partial charge in [-0.2, -0.15) is 0 Å². The normalized spacial score (nSPS) is 22.8. The highest BCUT2D eigenvalue weighted by Crippen LogP contribution is 2.40. The zero-order valence-electron chi connectivity index (χ0n) is 12.1. The Bertz CT molecular complexity index is 707. The van der Waals surface area contributed by atoms with Crippen molar-refractivity contribution in [2.75, 3.05) is 0 Å². The first kappa shape index (κ1) is 14.3. The number of rotatable bonds is 2. The van der Waals surface area contributed by atoms with Crippen LogP contribution in [0, 0.1) is 11.8 Å². The minimum absolute atomic E-state index is 0.0781. The first-order valence-corrected chi connectivity index (χ1v) is 6.76. The van der Waals surface area contributed by atoms with Gasteiger partial charge < -0.3 is 0 Å². The van der Waals surface area contributed by atoms with Gasteiger partial charge in [-0.25, -0.2) is 0 Å². The SMILES string of the molecule is C=C1c2cc3c(cc2C(=O)C1C(C)=O)C(=O)C(C(C)=O)C3=O. The molecular formula is C17H12O5. The molecule has 0 fully saturated rings. The molecule has 0 aliphatic heterocycles. The van der Waals surface area contributed by atoms with Crippen LogP contribution in [0.15, 0.2) is 18.7 Å². The number of fused-ring (bicyclic) bond motifs is 2. The van der Waals surface area contributed by atoms with E-state index in [2.05, 4.69) is 6.58 Å². The van der Waals surface area contributed by atoms with Crippen LogP contribution in [0.5, 0.6) is 0 Å². The van der Waals surface area contributed by atoms with Crippen LogP contribution in [0.25, 0.3) is 5.57 Å². The summed E-state index contributed by atoms with van der Waals surface area (Å²) in [5, 5.41) is 0. The molecule has 5 heteroatoms. The molecule has 3 rings (SSSR count). The zero-order valence-corrected chi connectivity index (χ0v) is 12.1. The highest BCUT2D eigenvalue weighted by molar-refractivity contribution is 6.36. The van der Waals surface area contributed by atoms with E-state index in [0.717, 1.165) is 0 Å². The summed E-state index contributed by atoms with van der Waals surface area (Å²) in [6, 6.07) is 2.74. The van der Waals surface area contributed by atoms with Crippen LogP contribution in [0.1, 0.15) is 50.5 Å². The standard InChI is InChI=1S/C17H12O5/c1-6-9-4-11-12(17(22)14(8(3)19)16(11)21)5-10(9)15(20)13(6)7(2)18/h4-5,13-14H,1H2,2-3H3. The van der Waals surface area contributed by atoms with E-state index >= 15 is 0 Å². The van der Waals surface area contributed by atoms with E-state index < -0.39 is 35.0 Å². The number of carbonyl (C=O) groups is 5. The lowest BCUT2D eigenvalue weighted by Crippen LogP contribution is -2.23. The number of ketones is 5. The van der Waals surface area contributed by atoms with E-state index in [1.54, 1.807) is 0 Å². The van der Waals surface area contributed by atoms with Crippen LogP contribution in [0.2, 0.25) is 0 Å². The van der Waals surface area contributed by atoms with Crippen molar-refractivity contribution in [2.45, 2.75) is 13.8 Å². The average Bonchev–Trinajstić information content (AvgIpc) is 2.82. The number of carbonyl (C=O) groups excluding carboxylic acids is 5. The minimum atomic E-state index is -1.32. The van der Waals surface area contributed by atoms with Crippen molar-refractivity contribution < 1.29 is 24.0 Å². The lowest BCUT2D eigenvalue weighted by atomic mass is 9.96. The molecule has 0 amide bonds. The van der Waals surface area contributed by atoms with Crippen molar-refractivity contribution in [2.24, 2.45) is 11.8 Å². The molecule has 2 atom stereocenters. The summed E-state index contributed by atoms with van der Waals surface area (Å²) in [5.74, 6) is -4.66. The number of hydrogen-bond donors (Lipinski definition) is 0. The fourth-order valence-electron chi connectivity index (χ4n) is 3.18. The fraction of sp³-hybridized carbons (Fsp3) is 0.235. The molecule has 0 aromatic heterocycles. The molecule has 5 nitrogen and oxygen atoms in total. The lowest BCUT2D eigenvalue weighted by molar-refractivity contribution is -0.119. The molecule has 110 valence electrons. The Morgan fingerprint density at radius 1 is 0.773 bits per heavy atom. The van der Waals surface area contributed by atoms with Gasteiger partial charge in [0.15, 0.2) is 17.3 Å². The lowest BCUT2D eigenvalue weighted by Gasteiger charge is -2.04. The van der Waals surface area contributed by atoms with E-state index in [4.69, 9.17) is 0 Å². The number of allylic oxidation sites excluding steroid dienone is 1. The largest absolute Gasteiger partial charge is 0.299 e. The van der Waals surface area contributed by atoms with Crippen LogP contribution in [0.3, 0.4) is 0 Å². The second kappa shape index (κ2) is 4.40. The maximum absolute atomic E-state index is 12.3. The van der Waals surface area contributed by atoms with Crippen molar-refractivity contribution in [3.8, 4) is 0 Å². The predicted molar refractivity (Wildman–Crippen MR) is 76.8 cm³/mol. The molecule has 2 aliphatic carbocycles. The van der Waals surface area contributed by atoms with E-state index in [9.17, 15) is 24.0 Å². The topological polar surface area (TPSA) is 85.3 Å². The predicted octanol–water partition coefficient (Wildman–Crippen LogP) is 1.69. The first-order valence-electron chi connectivity index (χ1n) is 6.76. The van der Waals surface area contributed by atoms with Crippen molar-refractivity contribution in [3.05, 3.63) is 41.0 Å². The minimum Gasteiger partial charge on any atom is -0.299 e. The summed E-state index contributed by atoms with van der Waals surface area (Å²) in [7, 11) is 0.